The van der Waals surface area contributed by atoms with Crippen LogP contribution in [0.3, 0.4) is 0 Å². The molecule has 0 amide bonds. The van der Waals surface area contributed by atoms with Gasteiger partial charge in [0.05, 0.1) is 19.8 Å². The molecular formula is C43H77O10P. The fourth-order valence-corrected chi connectivity index (χ4v) is 6.24. The zero-order valence-corrected chi connectivity index (χ0v) is 34.8. The number of rotatable bonds is 39. The summed E-state index contributed by atoms with van der Waals surface area (Å²) in [7, 11) is -4.62. The maximum atomic E-state index is 12.6. The highest BCUT2D eigenvalue weighted by Crippen LogP contribution is 2.43. The second-order valence-electron chi connectivity index (χ2n) is 14.0. The second-order valence-corrected chi connectivity index (χ2v) is 15.5. The van der Waals surface area contributed by atoms with Gasteiger partial charge in [-0.15, -0.1) is 0 Å². The summed E-state index contributed by atoms with van der Waals surface area (Å²) in [6.45, 7) is 2.27. The molecule has 3 N–H and O–H groups in total. The molecule has 0 aliphatic heterocycles. The quantitative estimate of drug-likeness (QED) is 0.0238. The Bertz CT molecular complexity index is 1040. The monoisotopic (exact) mass is 785 g/mol. The number of hydrogen-bond donors (Lipinski definition) is 3. The molecule has 0 rings (SSSR count). The highest BCUT2D eigenvalue weighted by Gasteiger charge is 2.27. The average Bonchev–Trinajstić information content (AvgIpc) is 3.16. The Morgan fingerprint density at radius 3 is 1.52 bits per heavy atom. The Morgan fingerprint density at radius 2 is 1.00 bits per heavy atom. The van der Waals surface area contributed by atoms with Crippen LogP contribution in [0, 0.1) is 0 Å². The molecule has 0 aromatic rings. The summed E-state index contributed by atoms with van der Waals surface area (Å²) in [4.78, 5) is 34.9. The van der Waals surface area contributed by atoms with Gasteiger partial charge in [-0.2, -0.15) is 0 Å². The summed E-state index contributed by atoms with van der Waals surface area (Å²) in [5.41, 5.74) is 0. The number of phosphoric acid groups is 1. The molecular weight excluding hydrogens is 707 g/mol. The summed E-state index contributed by atoms with van der Waals surface area (Å²) in [6.07, 6.45) is 40.7. The number of carbonyl (C=O) groups is 2. The van der Waals surface area contributed by atoms with Crippen LogP contribution in [0.5, 0.6) is 0 Å². The highest BCUT2D eigenvalue weighted by molar-refractivity contribution is 7.47. The van der Waals surface area contributed by atoms with E-state index in [1.165, 1.54) is 70.6 Å². The smallest absolute Gasteiger partial charge is 0.462 e. The van der Waals surface area contributed by atoms with Gasteiger partial charge in [0.1, 0.15) is 12.7 Å². The first-order valence-corrected chi connectivity index (χ1v) is 22.6. The van der Waals surface area contributed by atoms with Gasteiger partial charge < -0.3 is 24.6 Å². The minimum Gasteiger partial charge on any atom is -0.462 e. The molecule has 0 bridgehead atoms. The van der Waals surface area contributed by atoms with Crippen molar-refractivity contribution >= 4 is 19.8 Å². The number of allylic oxidation sites excluding steroid dienone is 8. The van der Waals surface area contributed by atoms with E-state index in [-0.39, 0.29) is 19.4 Å². The Kier molecular flexibility index (Phi) is 37.7. The van der Waals surface area contributed by atoms with Crippen LogP contribution < -0.4 is 0 Å². The third-order valence-corrected chi connectivity index (χ3v) is 9.67. The summed E-state index contributed by atoms with van der Waals surface area (Å²) in [5.74, 6) is -0.960. The molecule has 10 nitrogen and oxygen atoms in total. The van der Waals surface area contributed by atoms with Gasteiger partial charge in [-0.25, -0.2) is 4.57 Å². The summed E-state index contributed by atoms with van der Waals surface area (Å²) < 4.78 is 32.7. The highest BCUT2D eigenvalue weighted by atomic mass is 31.2. The van der Waals surface area contributed by atoms with E-state index in [1.54, 1.807) is 0 Å². The maximum absolute atomic E-state index is 12.6. The van der Waals surface area contributed by atoms with Gasteiger partial charge in [-0.3, -0.25) is 18.6 Å². The number of carbonyl (C=O) groups excluding carboxylic acids is 2. The molecule has 0 aromatic carbocycles. The number of aliphatic hydroxyl groups excluding tert-OH is 2. The van der Waals surface area contributed by atoms with Crippen molar-refractivity contribution in [2.24, 2.45) is 0 Å². The van der Waals surface area contributed by atoms with E-state index in [0.717, 1.165) is 64.2 Å². The lowest BCUT2D eigenvalue weighted by atomic mass is 10.0. The summed E-state index contributed by atoms with van der Waals surface area (Å²) >= 11 is 0. The van der Waals surface area contributed by atoms with Gasteiger partial charge >= 0.3 is 19.8 Å². The van der Waals surface area contributed by atoms with E-state index < -0.39 is 51.8 Å². The SMILES string of the molecule is CCC/C=C/C/C=C/C/C=C/C/C=C/CCCCCC(=O)OC[C@H](COP(=O)(O)OC[C@@H](O)CO)OC(=O)CCCCCCCCCCCCCCCC. The van der Waals surface area contributed by atoms with Crippen LogP contribution in [-0.2, 0) is 32.7 Å². The molecule has 0 fully saturated rings. The van der Waals surface area contributed by atoms with Crippen molar-refractivity contribution < 1.29 is 47.8 Å². The zero-order chi connectivity index (χ0) is 39.8. The molecule has 0 saturated heterocycles. The molecule has 54 heavy (non-hydrogen) atoms. The maximum Gasteiger partial charge on any atom is 0.472 e. The number of unbranched alkanes of at least 4 members (excludes halogenated alkanes) is 17. The molecule has 11 heteroatoms. The van der Waals surface area contributed by atoms with Crippen LogP contribution in [0.4, 0.5) is 0 Å². The first-order valence-electron chi connectivity index (χ1n) is 21.1. The van der Waals surface area contributed by atoms with Crippen molar-refractivity contribution in [3.05, 3.63) is 48.6 Å². The Hall–Kier alpha value is -2.07. The van der Waals surface area contributed by atoms with Crippen molar-refractivity contribution in [3.63, 3.8) is 0 Å². The topological polar surface area (TPSA) is 149 Å². The van der Waals surface area contributed by atoms with Crippen LogP contribution in [0.25, 0.3) is 0 Å². The molecule has 0 aliphatic rings. The van der Waals surface area contributed by atoms with Gasteiger partial charge in [-0.05, 0) is 51.4 Å². The lowest BCUT2D eigenvalue weighted by molar-refractivity contribution is -0.161. The number of ether oxygens (including phenoxy) is 2. The second kappa shape index (κ2) is 39.2. The molecule has 0 saturated carbocycles. The van der Waals surface area contributed by atoms with Gasteiger partial charge in [0.2, 0.25) is 0 Å². The van der Waals surface area contributed by atoms with E-state index in [9.17, 15) is 24.2 Å². The summed E-state index contributed by atoms with van der Waals surface area (Å²) in [5, 5.41) is 18.3. The van der Waals surface area contributed by atoms with Crippen LogP contribution >= 0.6 is 7.82 Å². The number of phosphoric ester groups is 1. The Labute approximate surface area is 328 Å². The standard InChI is InChI=1S/C43H77O10P/c1-3-5-7-9-11-13-15-17-19-20-21-23-24-26-28-30-32-34-42(46)50-38-41(39-52-54(48,49)51-37-40(45)36-44)53-43(47)35-33-31-29-27-25-22-18-16-14-12-10-8-6-4-2/h7,9,13,15,19-20,23-24,40-41,44-45H,3-6,8,10-12,14,16-18,21-22,25-39H2,1-2H3,(H,48,49)/b9-7+,15-13+,20-19+,24-23+/t40-,41+/m0/s1. The fraction of sp³-hybridized carbons (Fsp3) is 0.767. The lowest BCUT2D eigenvalue weighted by Crippen LogP contribution is -2.29. The molecule has 3 atom stereocenters. The minimum absolute atomic E-state index is 0.178. The number of hydrogen-bond acceptors (Lipinski definition) is 9. The van der Waals surface area contributed by atoms with Crippen molar-refractivity contribution in [1.29, 1.82) is 0 Å². The lowest BCUT2D eigenvalue weighted by Gasteiger charge is -2.20. The fourth-order valence-electron chi connectivity index (χ4n) is 5.45. The first-order chi connectivity index (χ1) is 26.2. The van der Waals surface area contributed by atoms with Crippen molar-refractivity contribution in [2.75, 3.05) is 26.4 Å². The predicted molar refractivity (Wildman–Crippen MR) is 219 cm³/mol. The van der Waals surface area contributed by atoms with Gasteiger partial charge in [0.15, 0.2) is 6.10 Å². The molecule has 0 radical (unpaired) electrons. The van der Waals surface area contributed by atoms with Crippen LogP contribution in [0.2, 0.25) is 0 Å². The molecule has 314 valence electrons. The molecule has 0 aliphatic carbocycles. The van der Waals surface area contributed by atoms with E-state index >= 15 is 0 Å². The van der Waals surface area contributed by atoms with Crippen LogP contribution in [0.15, 0.2) is 48.6 Å². The zero-order valence-electron chi connectivity index (χ0n) is 33.9. The summed E-state index contributed by atoms with van der Waals surface area (Å²) in [6, 6.07) is 0. The van der Waals surface area contributed by atoms with E-state index in [4.69, 9.17) is 19.1 Å². The number of aliphatic hydroxyl groups is 2. The van der Waals surface area contributed by atoms with Gasteiger partial charge in [0.25, 0.3) is 0 Å². The molecule has 0 aromatic heterocycles. The van der Waals surface area contributed by atoms with Crippen molar-refractivity contribution in [1.82, 2.24) is 0 Å². The van der Waals surface area contributed by atoms with E-state index in [2.05, 4.69) is 67.0 Å². The van der Waals surface area contributed by atoms with Crippen molar-refractivity contribution in [2.45, 2.75) is 187 Å². The van der Waals surface area contributed by atoms with E-state index in [1.807, 2.05) is 0 Å². The van der Waals surface area contributed by atoms with E-state index in [0.29, 0.717) is 12.8 Å². The first kappa shape index (κ1) is 51.9. The normalized spacial score (nSPS) is 14.4. The Morgan fingerprint density at radius 1 is 0.556 bits per heavy atom. The predicted octanol–water partition coefficient (Wildman–Crippen LogP) is 10.9. The van der Waals surface area contributed by atoms with Crippen LogP contribution in [-0.4, -0.2) is 65.7 Å². The minimum atomic E-state index is -4.62. The number of esters is 2. The van der Waals surface area contributed by atoms with Crippen molar-refractivity contribution in [3.8, 4) is 0 Å². The molecule has 1 unspecified atom stereocenters. The third-order valence-electron chi connectivity index (χ3n) is 8.72. The Balaban J connectivity index is 4.37. The third kappa shape index (κ3) is 38.2. The van der Waals surface area contributed by atoms with Gasteiger partial charge in [0, 0.05) is 12.8 Å². The van der Waals surface area contributed by atoms with Gasteiger partial charge in [-0.1, -0.05) is 159 Å². The average molecular weight is 785 g/mol. The van der Waals surface area contributed by atoms with Crippen LogP contribution in [0.1, 0.15) is 174 Å². The largest absolute Gasteiger partial charge is 0.472 e. The molecule has 0 spiro atoms. The molecule has 0 heterocycles.